The number of rotatable bonds is 4. The van der Waals surface area contributed by atoms with Gasteiger partial charge in [0, 0.05) is 31.3 Å². The van der Waals surface area contributed by atoms with Crippen LogP contribution < -0.4 is 5.32 Å². The third-order valence-electron chi connectivity index (χ3n) is 4.88. The van der Waals surface area contributed by atoms with Crippen LogP contribution in [0.2, 0.25) is 0 Å². The second kappa shape index (κ2) is 7.48. The van der Waals surface area contributed by atoms with Crippen molar-refractivity contribution in [3.8, 4) is 0 Å². The van der Waals surface area contributed by atoms with Gasteiger partial charge in [-0.2, -0.15) is 13.9 Å². The number of hydrogen-bond acceptors (Lipinski definition) is 5. The van der Waals surface area contributed by atoms with Gasteiger partial charge in [0.05, 0.1) is 6.20 Å². The Bertz CT molecular complexity index is 1170. The molecule has 1 aliphatic rings. The standard InChI is InChI=1S/C18H17F2N5O3S/c19-13-1-2-14(20)15(11-13)29(27,28)24-9-5-12(6-10-24)18(26)23-17-3-7-21-16-4-8-22-25(16)17/h1-4,7-8,11-12H,5-6,9-10H2,(H,23,26). The van der Waals surface area contributed by atoms with E-state index in [1.165, 1.54) is 4.52 Å². The minimum absolute atomic E-state index is 0.0316. The molecule has 1 aliphatic heterocycles. The molecule has 1 aromatic carbocycles. The predicted molar refractivity (Wildman–Crippen MR) is 99.5 cm³/mol. The molecule has 3 aromatic rings. The van der Waals surface area contributed by atoms with Crippen molar-refractivity contribution in [2.24, 2.45) is 5.92 Å². The van der Waals surface area contributed by atoms with Gasteiger partial charge in [-0.15, -0.1) is 0 Å². The average Bonchev–Trinajstić information content (AvgIpc) is 3.20. The molecule has 3 heterocycles. The van der Waals surface area contributed by atoms with Crippen LogP contribution in [0.4, 0.5) is 14.6 Å². The molecule has 0 aliphatic carbocycles. The average molecular weight is 421 g/mol. The highest BCUT2D eigenvalue weighted by molar-refractivity contribution is 7.89. The van der Waals surface area contributed by atoms with Crippen LogP contribution in [-0.2, 0) is 14.8 Å². The van der Waals surface area contributed by atoms with Crippen LogP contribution in [0.1, 0.15) is 12.8 Å². The molecular formula is C18H17F2N5O3S. The highest BCUT2D eigenvalue weighted by Gasteiger charge is 2.34. The first-order chi connectivity index (χ1) is 13.9. The van der Waals surface area contributed by atoms with Crippen molar-refractivity contribution in [2.45, 2.75) is 17.7 Å². The van der Waals surface area contributed by atoms with Gasteiger partial charge in [0.25, 0.3) is 0 Å². The number of nitrogens with one attached hydrogen (secondary N) is 1. The zero-order chi connectivity index (χ0) is 20.6. The predicted octanol–water partition coefficient (Wildman–Crippen LogP) is 2.05. The molecule has 4 rings (SSSR count). The maximum Gasteiger partial charge on any atom is 0.246 e. The normalized spacial score (nSPS) is 16.2. The number of piperidine rings is 1. The Labute approximate surface area is 165 Å². The summed E-state index contributed by atoms with van der Waals surface area (Å²) in [4.78, 5) is 16.0. The minimum Gasteiger partial charge on any atom is -0.310 e. The Kier molecular flexibility index (Phi) is 5.01. The van der Waals surface area contributed by atoms with Crippen LogP contribution >= 0.6 is 0 Å². The van der Waals surface area contributed by atoms with Crippen LogP contribution in [-0.4, -0.2) is 46.3 Å². The van der Waals surface area contributed by atoms with E-state index in [0.717, 1.165) is 16.4 Å². The zero-order valence-corrected chi connectivity index (χ0v) is 15.9. The summed E-state index contributed by atoms with van der Waals surface area (Å²) in [6, 6.07) is 5.63. The summed E-state index contributed by atoms with van der Waals surface area (Å²) in [6.07, 6.45) is 3.63. The molecule has 8 nitrogen and oxygen atoms in total. The Balaban J connectivity index is 1.44. The molecule has 0 unspecified atom stereocenters. The van der Waals surface area contributed by atoms with Crippen molar-refractivity contribution >= 4 is 27.4 Å². The smallest absolute Gasteiger partial charge is 0.246 e. The van der Waals surface area contributed by atoms with Crippen LogP contribution in [0, 0.1) is 17.6 Å². The third kappa shape index (κ3) is 3.70. The van der Waals surface area contributed by atoms with E-state index in [1.807, 2.05) is 0 Å². The molecule has 0 bridgehead atoms. The van der Waals surface area contributed by atoms with Crippen molar-refractivity contribution in [3.05, 3.63) is 54.4 Å². The van der Waals surface area contributed by atoms with Crippen LogP contribution in [0.15, 0.2) is 47.6 Å². The van der Waals surface area contributed by atoms with Gasteiger partial charge >= 0.3 is 0 Å². The summed E-state index contributed by atoms with van der Waals surface area (Å²) < 4.78 is 55.2. The van der Waals surface area contributed by atoms with E-state index in [9.17, 15) is 22.0 Å². The molecule has 1 N–H and O–H groups in total. The number of sulfonamides is 1. The van der Waals surface area contributed by atoms with Gasteiger partial charge in [0.2, 0.25) is 15.9 Å². The van der Waals surface area contributed by atoms with Gasteiger partial charge in [-0.3, -0.25) is 4.79 Å². The summed E-state index contributed by atoms with van der Waals surface area (Å²) in [6.45, 7) is 0.0633. The van der Waals surface area contributed by atoms with Crippen molar-refractivity contribution in [1.82, 2.24) is 18.9 Å². The molecule has 11 heteroatoms. The van der Waals surface area contributed by atoms with E-state index in [1.54, 1.807) is 24.5 Å². The molecule has 0 saturated carbocycles. The van der Waals surface area contributed by atoms with Crippen LogP contribution in [0.5, 0.6) is 0 Å². The highest BCUT2D eigenvalue weighted by atomic mass is 32.2. The topological polar surface area (TPSA) is 96.7 Å². The van der Waals surface area contributed by atoms with E-state index in [-0.39, 0.29) is 31.8 Å². The van der Waals surface area contributed by atoms with E-state index in [2.05, 4.69) is 15.4 Å². The second-order valence-electron chi connectivity index (χ2n) is 6.67. The lowest BCUT2D eigenvalue weighted by Crippen LogP contribution is -2.41. The molecule has 29 heavy (non-hydrogen) atoms. The first-order valence-corrected chi connectivity index (χ1v) is 10.3. The van der Waals surface area contributed by atoms with Gasteiger partial charge in [0.15, 0.2) is 5.65 Å². The fourth-order valence-corrected chi connectivity index (χ4v) is 4.88. The number of hydrogen-bond donors (Lipinski definition) is 1. The SMILES string of the molecule is O=C(Nc1ccnc2ccnn12)C1CCN(S(=O)(=O)c2cc(F)ccc2F)CC1. The fourth-order valence-electron chi connectivity index (χ4n) is 3.33. The molecule has 1 saturated heterocycles. The quantitative estimate of drug-likeness (QED) is 0.696. The number of aromatic nitrogens is 3. The van der Waals surface area contributed by atoms with Gasteiger partial charge < -0.3 is 5.32 Å². The Hall–Kier alpha value is -2.92. The lowest BCUT2D eigenvalue weighted by molar-refractivity contribution is -0.120. The number of halogens is 2. The number of carbonyl (C=O) groups is 1. The lowest BCUT2D eigenvalue weighted by atomic mass is 9.97. The van der Waals surface area contributed by atoms with Gasteiger partial charge in [-0.25, -0.2) is 22.2 Å². The number of anilines is 1. The maximum atomic E-state index is 13.9. The summed E-state index contributed by atoms with van der Waals surface area (Å²) in [5.41, 5.74) is 0.584. The number of benzene rings is 1. The molecular weight excluding hydrogens is 404 g/mol. The zero-order valence-electron chi connectivity index (χ0n) is 15.1. The van der Waals surface area contributed by atoms with E-state index < -0.39 is 32.5 Å². The third-order valence-corrected chi connectivity index (χ3v) is 6.79. The summed E-state index contributed by atoms with van der Waals surface area (Å²) in [5, 5.41) is 6.88. The van der Waals surface area contributed by atoms with E-state index in [4.69, 9.17) is 0 Å². The molecule has 0 spiro atoms. The van der Waals surface area contributed by atoms with E-state index >= 15 is 0 Å². The monoisotopic (exact) mass is 421 g/mol. The molecule has 152 valence electrons. The van der Waals surface area contributed by atoms with Gasteiger partial charge in [0.1, 0.15) is 22.3 Å². The van der Waals surface area contributed by atoms with Gasteiger partial charge in [-0.05, 0) is 37.1 Å². The van der Waals surface area contributed by atoms with Crippen molar-refractivity contribution in [1.29, 1.82) is 0 Å². The minimum atomic E-state index is -4.18. The first-order valence-electron chi connectivity index (χ1n) is 8.91. The summed E-state index contributed by atoms with van der Waals surface area (Å²) >= 11 is 0. The molecule has 1 fully saturated rings. The Morgan fingerprint density at radius 2 is 1.86 bits per heavy atom. The first kappa shape index (κ1) is 19.4. The summed E-state index contributed by atoms with van der Waals surface area (Å²) in [7, 11) is -4.18. The van der Waals surface area contributed by atoms with Crippen molar-refractivity contribution < 1.29 is 22.0 Å². The summed E-state index contributed by atoms with van der Waals surface area (Å²) in [5.74, 6) is -2.06. The van der Waals surface area contributed by atoms with Crippen LogP contribution in [0.3, 0.4) is 0 Å². The Morgan fingerprint density at radius 3 is 2.62 bits per heavy atom. The van der Waals surface area contributed by atoms with Crippen molar-refractivity contribution in [3.63, 3.8) is 0 Å². The number of fused-ring (bicyclic) bond motifs is 1. The lowest BCUT2D eigenvalue weighted by Gasteiger charge is -2.30. The number of amides is 1. The van der Waals surface area contributed by atoms with Crippen LogP contribution in [0.25, 0.3) is 5.65 Å². The molecule has 0 atom stereocenters. The van der Waals surface area contributed by atoms with E-state index in [0.29, 0.717) is 17.5 Å². The highest BCUT2D eigenvalue weighted by Crippen LogP contribution is 2.26. The largest absolute Gasteiger partial charge is 0.310 e. The number of nitrogens with zero attached hydrogens (tertiary/aromatic N) is 4. The number of carbonyl (C=O) groups excluding carboxylic acids is 1. The molecule has 2 aromatic heterocycles. The fraction of sp³-hybridized carbons (Fsp3) is 0.278. The Morgan fingerprint density at radius 1 is 1.10 bits per heavy atom. The van der Waals surface area contributed by atoms with Crippen molar-refractivity contribution in [2.75, 3.05) is 18.4 Å². The van der Waals surface area contributed by atoms with Gasteiger partial charge in [-0.1, -0.05) is 0 Å². The second-order valence-corrected chi connectivity index (χ2v) is 8.58. The maximum absolute atomic E-state index is 13.9. The molecule has 1 amide bonds. The molecule has 0 radical (unpaired) electrons.